The smallest absolute Gasteiger partial charge is 0.141 e. The Morgan fingerprint density at radius 3 is 1.81 bits per heavy atom. The van der Waals surface area contributed by atoms with Crippen molar-refractivity contribution in [3.8, 4) is 0 Å². The SMILES string of the molecule is CN(C)CC1=CCC(c2ccccc2C(O)(c2ccccc2)c2ccccc2)=C1.Cl.Cl.[Ti]. The van der Waals surface area contributed by atoms with Crippen molar-refractivity contribution >= 4 is 30.4 Å². The quantitative estimate of drug-likeness (QED) is 0.326. The maximum absolute atomic E-state index is 12.2. The van der Waals surface area contributed by atoms with E-state index >= 15 is 0 Å². The van der Waals surface area contributed by atoms with Crippen LogP contribution in [0.4, 0.5) is 0 Å². The van der Waals surface area contributed by atoms with E-state index in [9.17, 15) is 5.11 Å². The van der Waals surface area contributed by atoms with Crippen molar-refractivity contribution in [1.29, 1.82) is 0 Å². The molecule has 2 nitrogen and oxygen atoms in total. The van der Waals surface area contributed by atoms with Gasteiger partial charge in [-0.05, 0) is 48.4 Å². The van der Waals surface area contributed by atoms with Crippen molar-refractivity contribution in [1.82, 2.24) is 4.90 Å². The summed E-state index contributed by atoms with van der Waals surface area (Å²) in [5.74, 6) is 0. The molecule has 3 aromatic carbocycles. The minimum absolute atomic E-state index is 0. The number of aliphatic hydroxyl groups is 1. The van der Waals surface area contributed by atoms with Gasteiger partial charge in [0, 0.05) is 33.8 Å². The van der Waals surface area contributed by atoms with E-state index < -0.39 is 5.60 Å². The van der Waals surface area contributed by atoms with Gasteiger partial charge in [-0.15, -0.1) is 24.8 Å². The van der Waals surface area contributed by atoms with E-state index in [0.717, 1.165) is 35.2 Å². The second-order valence-corrected chi connectivity index (χ2v) is 7.88. The molecule has 166 valence electrons. The first-order valence-electron chi connectivity index (χ1n) is 10.1. The number of allylic oxidation sites excluding steroid dienone is 2. The number of nitrogens with zero attached hydrogens (tertiary/aromatic N) is 1. The van der Waals surface area contributed by atoms with Crippen molar-refractivity contribution in [2.75, 3.05) is 20.6 Å². The topological polar surface area (TPSA) is 23.5 Å². The van der Waals surface area contributed by atoms with Gasteiger partial charge in [-0.3, -0.25) is 0 Å². The Morgan fingerprint density at radius 1 is 0.781 bits per heavy atom. The van der Waals surface area contributed by atoms with Gasteiger partial charge in [0.05, 0.1) is 0 Å². The molecule has 0 unspecified atom stereocenters. The molecular weight excluding hydrogens is 473 g/mol. The number of likely N-dealkylation sites (N-methyl/N-ethyl adjacent to an activating group) is 1. The van der Waals surface area contributed by atoms with Crippen molar-refractivity contribution in [3.63, 3.8) is 0 Å². The predicted octanol–water partition coefficient (Wildman–Crippen LogP) is 6.09. The Kier molecular flexibility index (Phi) is 11.1. The monoisotopic (exact) mass is 501 g/mol. The zero-order valence-electron chi connectivity index (χ0n) is 18.4. The van der Waals surface area contributed by atoms with Crippen LogP contribution in [-0.4, -0.2) is 30.6 Å². The zero-order valence-corrected chi connectivity index (χ0v) is 21.6. The third kappa shape index (κ3) is 5.82. The summed E-state index contributed by atoms with van der Waals surface area (Å²) < 4.78 is 0. The van der Waals surface area contributed by atoms with Gasteiger partial charge in [0.1, 0.15) is 5.60 Å². The zero-order chi connectivity index (χ0) is 20.3. The molecule has 1 N–H and O–H groups in total. The molecule has 0 radical (unpaired) electrons. The van der Waals surface area contributed by atoms with Crippen molar-refractivity contribution in [3.05, 3.63) is 125 Å². The van der Waals surface area contributed by atoms with Crippen molar-refractivity contribution < 1.29 is 26.8 Å². The Morgan fingerprint density at radius 2 is 1.28 bits per heavy atom. The summed E-state index contributed by atoms with van der Waals surface area (Å²) in [6.45, 7) is 0.924. The fraction of sp³-hybridized carbons (Fsp3) is 0.185. The van der Waals surface area contributed by atoms with Gasteiger partial charge in [-0.1, -0.05) is 97.1 Å². The van der Waals surface area contributed by atoms with E-state index in [1.807, 2.05) is 66.7 Å². The molecule has 1 aliphatic rings. The fourth-order valence-corrected chi connectivity index (χ4v) is 4.16. The molecule has 1 aliphatic carbocycles. The summed E-state index contributed by atoms with van der Waals surface area (Å²) in [5, 5.41) is 12.2. The molecule has 4 rings (SSSR count). The van der Waals surface area contributed by atoms with Crippen LogP contribution in [-0.2, 0) is 27.3 Å². The summed E-state index contributed by atoms with van der Waals surface area (Å²) in [7, 11) is 4.17. The number of benzene rings is 3. The van der Waals surface area contributed by atoms with Crippen LogP contribution >= 0.6 is 24.8 Å². The molecule has 5 heteroatoms. The molecule has 0 saturated heterocycles. The Balaban J connectivity index is 0.00000171. The minimum Gasteiger partial charge on any atom is -0.376 e. The maximum atomic E-state index is 12.2. The van der Waals surface area contributed by atoms with E-state index in [4.69, 9.17) is 0 Å². The molecule has 3 aromatic rings. The predicted molar refractivity (Wildman–Crippen MR) is 135 cm³/mol. The molecule has 0 spiro atoms. The number of hydrogen-bond acceptors (Lipinski definition) is 2. The summed E-state index contributed by atoms with van der Waals surface area (Å²) in [5.41, 5.74) is 5.13. The second-order valence-electron chi connectivity index (χ2n) is 7.88. The number of hydrogen-bond donors (Lipinski definition) is 1. The molecule has 0 heterocycles. The fourth-order valence-electron chi connectivity index (χ4n) is 4.16. The average molecular weight is 502 g/mol. The van der Waals surface area contributed by atoms with Crippen molar-refractivity contribution in [2.24, 2.45) is 0 Å². The number of halogens is 2. The third-order valence-electron chi connectivity index (χ3n) is 5.49. The molecule has 0 saturated carbocycles. The van der Waals surface area contributed by atoms with E-state index in [1.54, 1.807) is 0 Å². The van der Waals surface area contributed by atoms with E-state index in [-0.39, 0.29) is 46.5 Å². The maximum Gasteiger partial charge on any atom is 0.141 e. The standard InChI is InChI=1S/C27H27NO.2ClH.Ti/c1-28(2)20-21-17-18-22(19-21)25-15-9-10-16-26(25)27(29,23-11-5-3-6-12-23)24-13-7-4-8-14-24;;;/h3-17,19,29H,18,20H2,1-2H3;2*1H;. The normalized spacial score (nSPS) is 12.8. The molecule has 32 heavy (non-hydrogen) atoms. The van der Waals surface area contributed by atoms with Crippen LogP contribution in [0.15, 0.2) is 103 Å². The Bertz CT molecular complexity index is 1010. The van der Waals surface area contributed by atoms with Gasteiger partial charge in [0.15, 0.2) is 0 Å². The first-order chi connectivity index (χ1) is 14.1. The molecule has 0 fully saturated rings. The Hall–Kier alpha value is -1.65. The number of rotatable bonds is 6. The minimum atomic E-state index is -1.22. The summed E-state index contributed by atoms with van der Waals surface area (Å²) >= 11 is 0. The van der Waals surface area contributed by atoms with Gasteiger partial charge in [0.25, 0.3) is 0 Å². The van der Waals surface area contributed by atoms with Crippen molar-refractivity contribution in [2.45, 2.75) is 12.0 Å². The van der Waals surface area contributed by atoms with E-state index in [0.29, 0.717) is 0 Å². The third-order valence-corrected chi connectivity index (χ3v) is 5.49. The largest absolute Gasteiger partial charge is 0.376 e. The van der Waals surface area contributed by atoms with Gasteiger partial charge in [-0.2, -0.15) is 0 Å². The van der Waals surface area contributed by atoms with Crippen LogP contribution in [0.2, 0.25) is 0 Å². The van der Waals surface area contributed by atoms with Gasteiger partial charge in [-0.25, -0.2) is 0 Å². The van der Waals surface area contributed by atoms with Crippen LogP contribution in [0.5, 0.6) is 0 Å². The average Bonchev–Trinajstić information content (AvgIpc) is 3.22. The van der Waals surface area contributed by atoms with Gasteiger partial charge in [0.2, 0.25) is 0 Å². The first-order valence-corrected chi connectivity index (χ1v) is 10.1. The molecular formula is C27H29Cl2NOTi. The molecule has 0 atom stereocenters. The van der Waals surface area contributed by atoms with Gasteiger partial charge >= 0.3 is 0 Å². The van der Waals surface area contributed by atoms with Crippen LogP contribution in [0, 0.1) is 0 Å². The van der Waals surface area contributed by atoms with E-state index in [2.05, 4.69) is 49.3 Å². The van der Waals surface area contributed by atoms with Crippen LogP contribution in [0.3, 0.4) is 0 Å². The molecule has 0 aromatic heterocycles. The summed E-state index contributed by atoms with van der Waals surface area (Å²) in [6.07, 6.45) is 5.45. The summed E-state index contributed by atoms with van der Waals surface area (Å²) in [6, 6.07) is 28.2. The van der Waals surface area contributed by atoms with E-state index in [1.165, 1.54) is 11.1 Å². The second kappa shape index (κ2) is 12.6. The summed E-state index contributed by atoms with van der Waals surface area (Å²) in [4.78, 5) is 2.18. The first kappa shape index (κ1) is 28.4. The van der Waals surface area contributed by atoms with Gasteiger partial charge < -0.3 is 10.0 Å². The van der Waals surface area contributed by atoms with Crippen LogP contribution < -0.4 is 0 Å². The molecule has 0 amide bonds. The molecule has 0 bridgehead atoms. The molecule has 0 aliphatic heterocycles. The Labute approximate surface area is 218 Å². The van der Waals surface area contributed by atoms with Crippen LogP contribution in [0.1, 0.15) is 28.7 Å². The van der Waals surface area contributed by atoms with Crippen LogP contribution in [0.25, 0.3) is 5.57 Å².